The van der Waals surface area contributed by atoms with E-state index in [2.05, 4.69) is 0 Å². The molecule has 0 radical (unpaired) electrons. The molecule has 2 aromatic carbocycles. The predicted molar refractivity (Wildman–Crippen MR) is 79.9 cm³/mol. The molecule has 0 spiro atoms. The maximum atomic E-state index is 12.5. The highest BCUT2D eigenvalue weighted by molar-refractivity contribution is 6.30. The van der Waals surface area contributed by atoms with E-state index in [0.717, 1.165) is 28.8 Å². The summed E-state index contributed by atoms with van der Waals surface area (Å²) in [6.45, 7) is 1.91. The highest BCUT2D eigenvalue weighted by atomic mass is 35.5. The number of hydrogen-bond donors (Lipinski definition) is 0. The minimum absolute atomic E-state index is 0.334. The van der Waals surface area contributed by atoms with E-state index in [1.54, 1.807) is 6.07 Å². The molecule has 0 aliphatic rings. The molecule has 0 N–H and O–H groups in total. The van der Waals surface area contributed by atoms with Crippen LogP contribution in [0.4, 0.5) is 13.2 Å². The van der Waals surface area contributed by atoms with Gasteiger partial charge in [-0.3, -0.25) is 0 Å². The van der Waals surface area contributed by atoms with E-state index in [9.17, 15) is 13.2 Å². The van der Waals surface area contributed by atoms with Crippen molar-refractivity contribution in [3.05, 3.63) is 69.7 Å². The Kier molecular flexibility index (Phi) is 4.84. The summed E-state index contributed by atoms with van der Waals surface area (Å²) in [5.41, 5.74) is 1.95. The van der Waals surface area contributed by atoms with E-state index in [1.165, 1.54) is 12.1 Å². The number of alkyl halides is 4. The van der Waals surface area contributed by atoms with Crippen molar-refractivity contribution < 1.29 is 13.2 Å². The fourth-order valence-electron chi connectivity index (χ4n) is 2.10. The zero-order valence-electron chi connectivity index (χ0n) is 11.2. The molecule has 112 valence electrons. The summed E-state index contributed by atoms with van der Waals surface area (Å²) in [5, 5.41) is 0.266. The summed E-state index contributed by atoms with van der Waals surface area (Å²) in [5.74, 6) is 0. The third kappa shape index (κ3) is 4.39. The molecular formula is C16H13Cl2F3. The van der Waals surface area contributed by atoms with Crippen molar-refractivity contribution in [2.45, 2.75) is 24.9 Å². The molecule has 0 heterocycles. The van der Waals surface area contributed by atoms with Crippen LogP contribution in [0.1, 0.15) is 27.6 Å². The molecule has 0 bridgehead atoms. The molecule has 0 aliphatic heterocycles. The first kappa shape index (κ1) is 16.2. The lowest BCUT2D eigenvalue weighted by atomic mass is 10.0. The summed E-state index contributed by atoms with van der Waals surface area (Å²) in [6, 6.07) is 10.6. The van der Waals surface area contributed by atoms with Gasteiger partial charge in [0.15, 0.2) is 0 Å². The normalized spacial score (nSPS) is 13.2. The van der Waals surface area contributed by atoms with Gasteiger partial charge >= 0.3 is 6.18 Å². The summed E-state index contributed by atoms with van der Waals surface area (Å²) < 4.78 is 37.5. The maximum absolute atomic E-state index is 12.5. The quantitative estimate of drug-likeness (QED) is 0.588. The number of halogens is 5. The molecular weight excluding hydrogens is 320 g/mol. The van der Waals surface area contributed by atoms with E-state index in [4.69, 9.17) is 23.2 Å². The van der Waals surface area contributed by atoms with Gasteiger partial charge in [-0.1, -0.05) is 29.8 Å². The average molecular weight is 333 g/mol. The molecule has 0 aliphatic carbocycles. The SMILES string of the molecule is Cc1cc(Cl)cc(C(Cl)Cc2ccc(C(F)(F)F)cc2)c1. The largest absolute Gasteiger partial charge is 0.416 e. The molecule has 2 aromatic rings. The summed E-state index contributed by atoms with van der Waals surface area (Å²) in [7, 11) is 0. The van der Waals surface area contributed by atoms with Gasteiger partial charge in [-0.05, 0) is 54.3 Å². The van der Waals surface area contributed by atoms with Crippen molar-refractivity contribution >= 4 is 23.2 Å². The Hall–Kier alpha value is -1.19. The topological polar surface area (TPSA) is 0 Å². The van der Waals surface area contributed by atoms with Crippen LogP contribution in [0.5, 0.6) is 0 Å². The lowest BCUT2D eigenvalue weighted by molar-refractivity contribution is -0.137. The van der Waals surface area contributed by atoms with Gasteiger partial charge in [0, 0.05) is 5.02 Å². The lowest BCUT2D eigenvalue weighted by Gasteiger charge is -2.12. The monoisotopic (exact) mass is 332 g/mol. The molecule has 0 fully saturated rings. The highest BCUT2D eigenvalue weighted by Crippen LogP contribution is 2.31. The van der Waals surface area contributed by atoms with Crippen molar-refractivity contribution in [2.24, 2.45) is 0 Å². The lowest BCUT2D eigenvalue weighted by Crippen LogP contribution is -2.05. The molecule has 0 amide bonds. The van der Waals surface area contributed by atoms with Gasteiger partial charge in [-0.2, -0.15) is 13.2 Å². The van der Waals surface area contributed by atoms with Gasteiger partial charge in [-0.15, -0.1) is 11.6 Å². The molecule has 0 saturated heterocycles. The Morgan fingerprint density at radius 3 is 2.19 bits per heavy atom. The smallest absolute Gasteiger partial charge is 0.166 e. The number of benzene rings is 2. The number of rotatable bonds is 3. The molecule has 0 aromatic heterocycles. The first-order valence-electron chi connectivity index (χ1n) is 6.33. The van der Waals surface area contributed by atoms with E-state index < -0.39 is 11.7 Å². The summed E-state index contributed by atoms with van der Waals surface area (Å²) in [4.78, 5) is 0. The fourth-order valence-corrected chi connectivity index (χ4v) is 2.70. The van der Waals surface area contributed by atoms with Crippen molar-refractivity contribution in [3.63, 3.8) is 0 Å². The summed E-state index contributed by atoms with van der Waals surface area (Å²) >= 11 is 12.3. The second kappa shape index (κ2) is 6.29. The zero-order valence-corrected chi connectivity index (χ0v) is 12.7. The van der Waals surface area contributed by atoms with Crippen LogP contribution >= 0.6 is 23.2 Å². The fraction of sp³-hybridized carbons (Fsp3) is 0.250. The van der Waals surface area contributed by atoms with E-state index in [-0.39, 0.29) is 5.38 Å². The Balaban J connectivity index is 2.14. The molecule has 21 heavy (non-hydrogen) atoms. The molecule has 5 heteroatoms. The standard InChI is InChI=1S/C16H13Cl2F3/c1-10-6-12(9-14(17)7-10)15(18)8-11-2-4-13(5-3-11)16(19,20)21/h2-7,9,15H,8H2,1H3. The van der Waals surface area contributed by atoms with Crippen molar-refractivity contribution in [1.82, 2.24) is 0 Å². The molecule has 0 nitrogen and oxygen atoms in total. The second-order valence-electron chi connectivity index (χ2n) is 4.93. The predicted octanol–water partition coefficient (Wildman–Crippen LogP) is 6.19. The van der Waals surface area contributed by atoms with Gasteiger partial charge in [0.25, 0.3) is 0 Å². The van der Waals surface area contributed by atoms with Crippen molar-refractivity contribution in [1.29, 1.82) is 0 Å². The molecule has 1 unspecified atom stereocenters. The van der Waals surface area contributed by atoms with Crippen LogP contribution in [0, 0.1) is 6.92 Å². The number of hydrogen-bond acceptors (Lipinski definition) is 0. The van der Waals surface area contributed by atoms with Crippen LogP contribution in [-0.2, 0) is 12.6 Å². The average Bonchev–Trinajstić information content (AvgIpc) is 2.37. The van der Waals surface area contributed by atoms with Crippen LogP contribution in [0.2, 0.25) is 5.02 Å². The highest BCUT2D eigenvalue weighted by Gasteiger charge is 2.29. The van der Waals surface area contributed by atoms with Crippen molar-refractivity contribution in [3.8, 4) is 0 Å². The first-order valence-corrected chi connectivity index (χ1v) is 7.14. The Morgan fingerprint density at radius 1 is 1.05 bits per heavy atom. The zero-order chi connectivity index (χ0) is 15.6. The van der Waals surface area contributed by atoms with Gasteiger partial charge in [0.2, 0.25) is 0 Å². The third-order valence-electron chi connectivity index (χ3n) is 3.12. The number of aryl methyl sites for hydroxylation is 1. The van der Waals surface area contributed by atoms with Gasteiger partial charge in [0.1, 0.15) is 0 Å². The van der Waals surface area contributed by atoms with Gasteiger partial charge in [0.05, 0.1) is 10.9 Å². The molecule has 0 saturated carbocycles. The van der Waals surface area contributed by atoms with E-state index in [1.807, 2.05) is 19.1 Å². The Morgan fingerprint density at radius 2 is 1.67 bits per heavy atom. The molecule has 2 rings (SSSR count). The van der Waals surface area contributed by atoms with Gasteiger partial charge < -0.3 is 0 Å². The van der Waals surface area contributed by atoms with Gasteiger partial charge in [-0.25, -0.2) is 0 Å². The Labute approximate surface area is 131 Å². The Bertz CT molecular complexity index is 598. The van der Waals surface area contributed by atoms with Crippen LogP contribution < -0.4 is 0 Å². The van der Waals surface area contributed by atoms with Crippen LogP contribution in [0.3, 0.4) is 0 Å². The first-order chi connectivity index (χ1) is 9.75. The van der Waals surface area contributed by atoms with E-state index >= 15 is 0 Å². The van der Waals surface area contributed by atoms with Crippen molar-refractivity contribution in [2.75, 3.05) is 0 Å². The van der Waals surface area contributed by atoms with E-state index in [0.29, 0.717) is 11.4 Å². The van der Waals surface area contributed by atoms with Crippen LogP contribution in [0.15, 0.2) is 42.5 Å². The minimum Gasteiger partial charge on any atom is -0.166 e. The molecule has 1 atom stereocenters. The maximum Gasteiger partial charge on any atom is 0.416 e. The minimum atomic E-state index is -4.32. The summed E-state index contributed by atoms with van der Waals surface area (Å²) in [6.07, 6.45) is -3.87. The third-order valence-corrected chi connectivity index (χ3v) is 3.75. The second-order valence-corrected chi connectivity index (χ2v) is 5.89. The van der Waals surface area contributed by atoms with Crippen LogP contribution in [-0.4, -0.2) is 0 Å². The van der Waals surface area contributed by atoms with Crippen LogP contribution in [0.25, 0.3) is 0 Å².